The largest absolute Gasteiger partial charge is 0.444 e. The first-order valence-corrected chi connectivity index (χ1v) is 8.43. The second kappa shape index (κ2) is 11.7. The molecule has 0 atom stereocenters. The summed E-state index contributed by atoms with van der Waals surface area (Å²) < 4.78 is 5.55. The van der Waals surface area contributed by atoms with E-state index in [0.29, 0.717) is 12.4 Å². The van der Waals surface area contributed by atoms with Crippen LogP contribution < -0.4 is 16.0 Å². The van der Waals surface area contributed by atoms with Gasteiger partial charge in [-0.3, -0.25) is 0 Å². The third-order valence-corrected chi connectivity index (χ3v) is 3.54. The molecule has 1 heterocycles. The molecule has 0 aliphatic heterocycles. The van der Waals surface area contributed by atoms with Gasteiger partial charge >= 0.3 is 0 Å². The maximum atomic E-state index is 5.55. The highest BCUT2D eigenvalue weighted by Gasteiger charge is 2.05. The standard InChI is InChI=1S/C18H27N5O.HI/c1-4-19-18(22-13-17-23-14(2)15(3)24-17)21-12-8-11-20-16-9-6-5-7-10-16;/h5-7,9-10,20H,4,8,11-13H2,1-3H3,(H2,19,21,22);1H. The van der Waals surface area contributed by atoms with Crippen molar-refractivity contribution in [3.05, 3.63) is 47.7 Å². The number of para-hydroxylation sites is 1. The number of aryl methyl sites for hydroxylation is 2. The van der Waals surface area contributed by atoms with E-state index in [1.54, 1.807) is 0 Å². The van der Waals surface area contributed by atoms with Crippen LogP contribution in [-0.2, 0) is 6.54 Å². The molecule has 0 fully saturated rings. The van der Waals surface area contributed by atoms with Gasteiger partial charge in [0.2, 0.25) is 5.89 Å². The molecule has 25 heavy (non-hydrogen) atoms. The lowest BCUT2D eigenvalue weighted by atomic mass is 10.3. The Morgan fingerprint density at radius 2 is 1.88 bits per heavy atom. The van der Waals surface area contributed by atoms with Gasteiger partial charge in [-0.05, 0) is 39.3 Å². The molecule has 0 bridgehead atoms. The zero-order valence-electron chi connectivity index (χ0n) is 15.1. The predicted molar refractivity (Wildman–Crippen MR) is 114 cm³/mol. The molecule has 0 spiro atoms. The Balaban J connectivity index is 0.00000312. The number of nitrogens with zero attached hydrogens (tertiary/aromatic N) is 2. The number of aromatic nitrogens is 1. The van der Waals surface area contributed by atoms with Crippen LogP contribution in [0.1, 0.15) is 30.7 Å². The Morgan fingerprint density at radius 1 is 1.12 bits per heavy atom. The quantitative estimate of drug-likeness (QED) is 0.245. The molecule has 0 aliphatic carbocycles. The van der Waals surface area contributed by atoms with E-state index in [1.165, 1.54) is 0 Å². The van der Waals surface area contributed by atoms with Crippen molar-refractivity contribution in [1.29, 1.82) is 0 Å². The van der Waals surface area contributed by atoms with Crippen LogP contribution in [0.2, 0.25) is 0 Å². The first kappa shape index (κ1) is 21.3. The van der Waals surface area contributed by atoms with Gasteiger partial charge in [-0.15, -0.1) is 24.0 Å². The van der Waals surface area contributed by atoms with Crippen LogP contribution in [0.25, 0.3) is 0 Å². The lowest BCUT2D eigenvalue weighted by Gasteiger charge is -2.11. The van der Waals surface area contributed by atoms with Gasteiger partial charge in [0.1, 0.15) is 12.3 Å². The fourth-order valence-corrected chi connectivity index (χ4v) is 2.18. The van der Waals surface area contributed by atoms with Crippen molar-refractivity contribution in [1.82, 2.24) is 15.6 Å². The number of hydrogen-bond donors (Lipinski definition) is 3. The van der Waals surface area contributed by atoms with E-state index < -0.39 is 0 Å². The molecular weight excluding hydrogens is 429 g/mol. The average Bonchev–Trinajstić information content (AvgIpc) is 2.91. The van der Waals surface area contributed by atoms with E-state index in [9.17, 15) is 0 Å². The van der Waals surface area contributed by atoms with Gasteiger partial charge in [0.15, 0.2) is 5.96 Å². The number of nitrogens with one attached hydrogen (secondary N) is 3. The molecule has 2 rings (SSSR count). The van der Waals surface area contributed by atoms with Gasteiger partial charge in [-0.2, -0.15) is 0 Å². The summed E-state index contributed by atoms with van der Waals surface area (Å²) in [5.74, 6) is 2.28. The summed E-state index contributed by atoms with van der Waals surface area (Å²) in [4.78, 5) is 8.86. The van der Waals surface area contributed by atoms with Crippen molar-refractivity contribution in [3.63, 3.8) is 0 Å². The molecule has 0 aliphatic rings. The van der Waals surface area contributed by atoms with E-state index in [0.717, 1.165) is 49.2 Å². The maximum Gasteiger partial charge on any atom is 0.216 e. The molecule has 0 unspecified atom stereocenters. The van der Waals surface area contributed by atoms with Crippen molar-refractivity contribution in [2.45, 2.75) is 33.7 Å². The summed E-state index contributed by atoms with van der Waals surface area (Å²) >= 11 is 0. The third kappa shape index (κ3) is 7.76. The Bertz CT molecular complexity index is 623. The summed E-state index contributed by atoms with van der Waals surface area (Å²) in [6, 6.07) is 10.2. The fraction of sp³-hybridized carbons (Fsp3) is 0.444. The SMILES string of the molecule is CCNC(=NCc1nc(C)c(C)o1)NCCCNc1ccccc1.I. The van der Waals surface area contributed by atoms with Crippen LogP contribution in [0.15, 0.2) is 39.7 Å². The van der Waals surface area contributed by atoms with Crippen LogP contribution in [-0.4, -0.2) is 30.6 Å². The molecule has 138 valence electrons. The van der Waals surface area contributed by atoms with E-state index in [2.05, 4.69) is 38.1 Å². The average molecular weight is 457 g/mol. The first-order valence-electron chi connectivity index (χ1n) is 8.43. The van der Waals surface area contributed by atoms with Gasteiger partial charge < -0.3 is 20.4 Å². The number of halogens is 1. The molecule has 0 saturated heterocycles. The number of oxazole rings is 1. The van der Waals surface area contributed by atoms with Gasteiger partial charge in [0, 0.05) is 25.3 Å². The topological polar surface area (TPSA) is 74.5 Å². The van der Waals surface area contributed by atoms with Gasteiger partial charge in [0.05, 0.1) is 5.69 Å². The Kier molecular flexibility index (Phi) is 9.98. The second-order valence-electron chi connectivity index (χ2n) is 5.52. The first-order chi connectivity index (χ1) is 11.7. The highest BCUT2D eigenvalue weighted by Crippen LogP contribution is 2.08. The maximum absolute atomic E-state index is 5.55. The van der Waals surface area contributed by atoms with Crippen molar-refractivity contribution < 1.29 is 4.42 Å². The third-order valence-electron chi connectivity index (χ3n) is 3.54. The Morgan fingerprint density at radius 3 is 2.52 bits per heavy atom. The molecular formula is C18H28IN5O. The number of benzene rings is 1. The van der Waals surface area contributed by atoms with Crippen LogP contribution in [0.5, 0.6) is 0 Å². The van der Waals surface area contributed by atoms with E-state index in [1.807, 2.05) is 39.0 Å². The van der Waals surface area contributed by atoms with Crippen LogP contribution in [0, 0.1) is 13.8 Å². The summed E-state index contributed by atoms with van der Waals surface area (Å²) in [6.45, 7) is 8.91. The van der Waals surface area contributed by atoms with Crippen LogP contribution in [0.4, 0.5) is 5.69 Å². The number of guanidine groups is 1. The second-order valence-corrected chi connectivity index (χ2v) is 5.52. The Labute approximate surface area is 166 Å². The van der Waals surface area contributed by atoms with Gasteiger partial charge in [-0.1, -0.05) is 18.2 Å². The minimum absolute atomic E-state index is 0. The summed E-state index contributed by atoms with van der Waals surface area (Å²) in [5, 5.41) is 9.95. The molecule has 0 amide bonds. The predicted octanol–water partition coefficient (Wildman–Crippen LogP) is 3.47. The molecule has 2 aromatic rings. The highest BCUT2D eigenvalue weighted by molar-refractivity contribution is 14.0. The molecule has 0 radical (unpaired) electrons. The van der Waals surface area contributed by atoms with E-state index >= 15 is 0 Å². The lowest BCUT2D eigenvalue weighted by molar-refractivity contribution is 0.473. The van der Waals surface area contributed by atoms with Crippen LogP contribution in [0.3, 0.4) is 0 Å². The zero-order chi connectivity index (χ0) is 17.2. The monoisotopic (exact) mass is 457 g/mol. The number of hydrogen-bond acceptors (Lipinski definition) is 4. The molecule has 0 saturated carbocycles. The van der Waals surface area contributed by atoms with Crippen LogP contribution >= 0.6 is 24.0 Å². The van der Waals surface area contributed by atoms with E-state index in [-0.39, 0.29) is 24.0 Å². The molecule has 1 aromatic carbocycles. The summed E-state index contributed by atoms with van der Waals surface area (Å²) in [7, 11) is 0. The normalized spacial score (nSPS) is 10.9. The van der Waals surface area contributed by atoms with E-state index in [4.69, 9.17) is 4.42 Å². The molecule has 7 heteroatoms. The fourth-order valence-electron chi connectivity index (χ4n) is 2.18. The smallest absolute Gasteiger partial charge is 0.216 e. The minimum Gasteiger partial charge on any atom is -0.444 e. The van der Waals surface area contributed by atoms with Gasteiger partial charge in [0.25, 0.3) is 0 Å². The number of aliphatic imine (C=N–C) groups is 1. The van der Waals surface area contributed by atoms with Gasteiger partial charge in [-0.25, -0.2) is 9.98 Å². The van der Waals surface area contributed by atoms with Crippen molar-refractivity contribution in [2.75, 3.05) is 25.0 Å². The summed E-state index contributed by atoms with van der Waals surface area (Å²) in [5.41, 5.74) is 2.07. The van der Waals surface area contributed by atoms with Crippen molar-refractivity contribution >= 4 is 35.6 Å². The molecule has 1 aromatic heterocycles. The molecule has 6 nitrogen and oxygen atoms in total. The Hall–Kier alpha value is -1.77. The number of anilines is 1. The minimum atomic E-state index is 0. The lowest BCUT2D eigenvalue weighted by Crippen LogP contribution is -2.38. The zero-order valence-corrected chi connectivity index (χ0v) is 17.5. The summed E-state index contributed by atoms with van der Waals surface area (Å²) in [6.07, 6.45) is 0.997. The number of rotatable bonds is 8. The highest BCUT2D eigenvalue weighted by atomic mass is 127. The molecule has 3 N–H and O–H groups in total. The van der Waals surface area contributed by atoms with Crippen molar-refractivity contribution in [3.8, 4) is 0 Å². The van der Waals surface area contributed by atoms with Crippen molar-refractivity contribution in [2.24, 2.45) is 4.99 Å².